The van der Waals surface area contributed by atoms with Gasteiger partial charge in [0.05, 0.1) is 18.0 Å². The number of carbonyl (C=O) groups excluding carboxylic acids is 2. The normalized spacial score (nSPS) is 20.0. The van der Waals surface area contributed by atoms with Crippen molar-refractivity contribution in [2.75, 3.05) is 29.1 Å². The lowest BCUT2D eigenvalue weighted by molar-refractivity contribution is -0.113. The topological polar surface area (TPSA) is 67.9 Å². The van der Waals surface area contributed by atoms with Gasteiger partial charge in [-0.25, -0.2) is 4.79 Å². The molecule has 2 aliphatic rings. The quantitative estimate of drug-likeness (QED) is 0.524. The number of hydrogen-bond donors (Lipinski definition) is 1. The number of ether oxygens (including phenoxy) is 1. The minimum absolute atomic E-state index is 0.0155. The summed E-state index contributed by atoms with van der Waals surface area (Å²) in [5.41, 5.74) is 1.52. The minimum Gasteiger partial charge on any atom is -0.444 e. The Morgan fingerprint density at radius 3 is 2.79 bits per heavy atom. The molecule has 0 unspecified atom stereocenters. The highest BCUT2D eigenvalue weighted by atomic mass is 32.2. The van der Waals surface area contributed by atoms with Crippen LogP contribution in [-0.4, -0.2) is 45.3 Å². The third-order valence-corrected chi connectivity index (χ3v) is 11.3. The maximum absolute atomic E-state index is 12.3. The van der Waals surface area contributed by atoms with Gasteiger partial charge in [0.15, 0.2) is 8.32 Å². The molecule has 154 valence electrons. The van der Waals surface area contributed by atoms with Crippen LogP contribution < -0.4 is 10.2 Å². The van der Waals surface area contributed by atoms with Gasteiger partial charge < -0.3 is 14.5 Å². The molecule has 0 aliphatic carbocycles. The summed E-state index contributed by atoms with van der Waals surface area (Å²) in [6.07, 6.45) is 1.20. The van der Waals surface area contributed by atoms with E-state index in [1.807, 2.05) is 18.2 Å². The lowest BCUT2D eigenvalue weighted by Gasteiger charge is -2.36. The second-order valence-corrected chi connectivity index (χ2v) is 14.7. The van der Waals surface area contributed by atoms with Gasteiger partial charge in [-0.1, -0.05) is 20.8 Å². The van der Waals surface area contributed by atoms with Gasteiger partial charge in [0.1, 0.15) is 6.10 Å². The molecule has 1 atom stereocenters. The van der Waals surface area contributed by atoms with Crippen molar-refractivity contribution in [1.82, 2.24) is 0 Å². The molecule has 2 heterocycles. The zero-order valence-corrected chi connectivity index (χ0v) is 19.1. The number of benzene rings is 1. The molecule has 8 heteroatoms. The van der Waals surface area contributed by atoms with Crippen molar-refractivity contribution in [2.24, 2.45) is 0 Å². The predicted molar refractivity (Wildman–Crippen MR) is 116 cm³/mol. The SMILES string of the molecule is CC(C)(C)[Si](C)(C)OCCC[C@H]1CN(c2ccc3c(c2)NC(=O)CS3)C(=O)O1. The van der Waals surface area contributed by atoms with Gasteiger partial charge in [0, 0.05) is 17.2 Å². The lowest BCUT2D eigenvalue weighted by atomic mass is 10.2. The molecule has 1 aromatic carbocycles. The number of thioether (sulfide) groups is 1. The largest absolute Gasteiger partial charge is 0.444 e. The van der Waals surface area contributed by atoms with Crippen molar-refractivity contribution in [3.63, 3.8) is 0 Å². The summed E-state index contributed by atoms with van der Waals surface area (Å²) in [6.45, 7) is 12.4. The van der Waals surface area contributed by atoms with E-state index in [1.54, 1.807) is 4.90 Å². The Kier molecular flexibility index (Phi) is 6.12. The molecule has 3 rings (SSSR count). The summed E-state index contributed by atoms with van der Waals surface area (Å²) in [7, 11) is -1.74. The maximum Gasteiger partial charge on any atom is 0.414 e. The van der Waals surface area contributed by atoms with E-state index in [0.717, 1.165) is 29.1 Å². The first-order chi connectivity index (χ1) is 13.1. The first-order valence-corrected chi connectivity index (χ1v) is 13.6. The standard InChI is InChI=1S/C20H30N2O4SSi/c1-20(2,3)28(4,5)25-10-6-7-15-12-22(19(24)26-15)14-8-9-17-16(11-14)21-18(23)13-27-17/h8-9,11,15H,6-7,10,12-13H2,1-5H3,(H,21,23)/t15-/m0/s1. The number of hydrogen-bond acceptors (Lipinski definition) is 5. The molecule has 0 spiro atoms. The van der Waals surface area contributed by atoms with Gasteiger partial charge in [-0.3, -0.25) is 9.69 Å². The van der Waals surface area contributed by atoms with Crippen LogP contribution in [0.3, 0.4) is 0 Å². The van der Waals surface area contributed by atoms with E-state index in [-0.39, 0.29) is 23.1 Å². The van der Waals surface area contributed by atoms with Gasteiger partial charge in [0.2, 0.25) is 5.91 Å². The fourth-order valence-electron chi connectivity index (χ4n) is 2.98. The molecule has 0 saturated carbocycles. The Morgan fingerprint density at radius 2 is 2.07 bits per heavy atom. The molecule has 0 bridgehead atoms. The highest BCUT2D eigenvalue weighted by Crippen LogP contribution is 2.37. The van der Waals surface area contributed by atoms with Crippen LogP contribution >= 0.6 is 11.8 Å². The minimum atomic E-state index is -1.74. The van der Waals surface area contributed by atoms with Crippen molar-refractivity contribution in [1.29, 1.82) is 0 Å². The van der Waals surface area contributed by atoms with Crippen molar-refractivity contribution in [3.8, 4) is 0 Å². The first-order valence-electron chi connectivity index (χ1n) is 9.76. The fourth-order valence-corrected chi connectivity index (χ4v) is 4.85. The molecule has 0 aromatic heterocycles. The summed E-state index contributed by atoms with van der Waals surface area (Å²) in [6, 6.07) is 5.71. The molecule has 1 aromatic rings. The van der Waals surface area contributed by atoms with Crippen LogP contribution in [-0.2, 0) is 14.0 Å². The summed E-state index contributed by atoms with van der Waals surface area (Å²) in [5.74, 6) is 0.412. The summed E-state index contributed by atoms with van der Waals surface area (Å²) >= 11 is 1.51. The summed E-state index contributed by atoms with van der Waals surface area (Å²) in [5, 5.41) is 3.06. The third-order valence-electron chi connectivity index (χ3n) is 5.72. The van der Waals surface area contributed by atoms with Crippen LogP contribution in [0.25, 0.3) is 0 Å². The number of carbonyl (C=O) groups is 2. The van der Waals surface area contributed by atoms with Crippen molar-refractivity contribution in [2.45, 2.75) is 62.7 Å². The molecular weight excluding hydrogens is 392 g/mol. The molecule has 0 radical (unpaired) electrons. The highest BCUT2D eigenvalue weighted by molar-refractivity contribution is 8.00. The van der Waals surface area contributed by atoms with Crippen molar-refractivity contribution >= 4 is 43.5 Å². The number of fused-ring (bicyclic) bond motifs is 1. The Bertz CT molecular complexity index is 763. The van der Waals surface area contributed by atoms with Gasteiger partial charge in [-0.05, 0) is 49.2 Å². The smallest absolute Gasteiger partial charge is 0.414 e. The zero-order valence-electron chi connectivity index (χ0n) is 17.3. The highest BCUT2D eigenvalue weighted by Gasteiger charge is 2.37. The second kappa shape index (κ2) is 8.08. The Hall–Kier alpha value is -1.51. The predicted octanol–water partition coefficient (Wildman–Crippen LogP) is 4.86. The second-order valence-electron chi connectivity index (χ2n) is 8.88. The number of amides is 2. The summed E-state index contributed by atoms with van der Waals surface area (Å²) in [4.78, 5) is 26.6. The molecule has 6 nitrogen and oxygen atoms in total. The first kappa shape index (κ1) is 21.2. The number of cyclic esters (lactones) is 1. The molecule has 1 fully saturated rings. The number of nitrogens with one attached hydrogen (secondary N) is 1. The van der Waals surface area contributed by atoms with E-state index in [0.29, 0.717) is 18.9 Å². The molecule has 2 aliphatic heterocycles. The number of anilines is 2. The maximum atomic E-state index is 12.3. The van der Waals surface area contributed by atoms with Gasteiger partial charge in [-0.15, -0.1) is 11.8 Å². The van der Waals surface area contributed by atoms with E-state index in [4.69, 9.17) is 9.16 Å². The Labute approximate surface area is 172 Å². The fraction of sp³-hybridized carbons (Fsp3) is 0.600. The van der Waals surface area contributed by atoms with Gasteiger partial charge in [0.25, 0.3) is 0 Å². The average Bonchev–Trinajstić information content (AvgIpc) is 2.98. The Balaban J connectivity index is 1.53. The van der Waals surface area contributed by atoms with Crippen LogP contribution in [0.2, 0.25) is 18.1 Å². The van der Waals surface area contributed by atoms with Crippen LogP contribution in [0.5, 0.6) is 0 Å². The van der Waals surface area contributed by atoms with Crippen LogP contribution in [0.1, 0.15) is 33.6 Å². The molecule has 1 saturated heterocycles. The van der Waals surface area contributed by atoms with Crippen molar-refractivity contribution in [3.05, 3.63) is 18.2 Å². The van der Waals surface area contributed by atoms with Crippen LogP contribution in [0, 0.1) is 0 Å². The third kappa shape index (κ3) is 4.72. The van der Waals surface area contributed by atoms with E-state index >= 15 is 0 Å². The monoisotopic (exact) mass is 422 g/mol. The van der Waals surface area contributed by atoms with Crippen LogP contribution in [0.4, 0.5) is 16.2 Å². The number of rotatable bonds is 6. The molecular formula is C20H30N2O4SSi. The number of nitrogens with zero attached hydrogens (tertiary/aromatic N) is 1. The van der Waals surface area contributed by atoms with Gasteiger partial charge >= 0.3 is 6.09 Å². The van der Waals surface area contributed by atoms with E-state index in [1.165, 1.54) is 11.8 Å². The molecule has 1 N–H and O–H groups in total. The molecule has 2 amide bonds. The Morgan fingerprint density at radius 1 is 1.32 bits per heavy atom. The van der Waals surface area contributed by atoms with Gasteiger partial charge in [-0.2, -0.15) is 0 Å². The van der Waals surface area contributed by atoms with Crippen LogP contribution in [0.15, 0.2) is 23.1 Å². The van der Waals surface area contributed by atoms with E-state index in [2.05, 4.69) is 39.2 Å². The van der Waals surface area contributed by atoms with E-state index in [9.17, 15) is 9.59 Å². The lowest BCUT2D eigenvalue weighted by Crippen LogP contribution is -2.41. The summed E-state index contributed by atoms with van der Waals surface area (Å²) < 4.78 is 11.7. The van der Waals surface area contributed by atoms with E-state index < -0.39 is 8.32 Å². The molecule has 28 heavy (non-hydrogen) atoms. The zero-order chi connectivity index (χ0) is 20.5. The van der Waals surface area contributed by atoms with Crippen molar-refractivity contribution < 1.29 is 18.8 Å². The average molecular weight is 423 g/mol.